The smallest absolute Gasteiger partial charge is 0.0846 e. The highest BCUT2D eigenvalue weighted by Gasteiger charge is 2.26. The lowest BCUT2D eigenvalue weighted by molar-refractivity contribution is 0.442. The number of rotatable bonds is 10. The van der Waals surface area contributed by atoms with Crippen LogP contribution in [0.5, 0.6) is 0 Å². The molecule has 3 rings (SSSR count). The predicted molar refractivity (Wildman–Crippen MR) is 125 cm³/mol. The third-order valence-corrected chi connectivity index (χ3v) is 6.30. The molecule has 1 aromatic carbocycles. The first-order chi connectivity index (χ1) is 14.0. The average molecular weight is 395 g/mol. The summed E-state index contributed by atoms with van der Waals surface area (Å²) in [6, 6.07) is 6.87. The summed E-state index contributed by atoms with van der Waals surface area (Å²) in [5.74, 6) is 1.14. The number of aliphatic imine (C=N–C) groups is 1. The summed E-state index contributed by atoms with van der Waals surface area (Å²) < 4.78 is 0. The van der Waals surface area contributed by atoms with Gasteiger partial charge < -0.3 is 16.0 Å². The molecule has 3 unspecified atom stereocenters. The van der Waals surface area contributed by atoms with Crippen molar-refractivity contribution in [2.75, 3.05) is 33.2 Å². The SMILES string of the molecule is CCN(C=NC)CCC/C(=C/c1cc(C)ccc1C(N)C1CCNC1)C1=CC1C. The van der Waals surface area contributed by atoms with E-state index in [1.54, 1.807) is 0 Å². The molecule has 0 radical (unpaired) electrons. The Kier molecular flexibility index (Phi) is 7.68. The zero-order valence-electron chi connectivity index (χ0n) is 18.6. The van der Waals surface area contributed by atoms with Crippen LogP contribution in [0.1, 0.15) is 55.8 Å². The van der Waals surface area contributed by atoms with Gasteiger partial charge in [0.05, 0.1) is 6.34 Å². The summed E-state index contributed by atoms with van der Waals surface area (Å²) in [5, 5.41) is 3.46. The fourth-order valence-corrected chi connectivity index (χ4v) is 4.40. The van der Waals surface area contributed by atoms with Crippen LogP contribution in [0.2, 0.25) is 0 Å². The minimum absolute atomic E-state index is 0.0973. The molecule has 3 atom stereocenters. The van der Waals surface area contributed by atoms with Crippen molar-refractivity contribution in [2.24, 2.45) is 22.6 Å². The van der Waals surface area contributed by atoms with E-state index in [-0.39, 0.29) is 6.04 Å². The van der Waals surface area contributed by atoms with E-state index >= 15 is 0 Å². The number of benzene rings is 1. The Morgan fingerprint density at radius 2 is 2.21 bits per heavy atom. The molecule has 1 aliphatic heterocycles. The number of nitrogens with zero attached hydrogens (tertiary/aromatic N) is 2. The van der Waals surface area contributed by atoms with Gasteiger partial charge in [-0.1, -0.05) is 42.8 Å². The normalized spacial score (nSPS) is 22.8. The number of nitrogens with two attached hydrogens (primary N) is 1. The Balaban J connectivity index is 1.80. The lowest BCUT2D eigenvalue weighted by atomic mass is 9.88. The Hall–Kier alpha value is -1.91. The van der Waals surface area contributed by atoms with Crippen molar-refractivity contribution in [1.82, 2.24) is 10.2 Å². The van der Waals surface area contributed by atoms with Gasteiger partial charge in [0, 0.05) is 26.2 Å². The van der Waals surface area contributed by atoms with Gasteiger partial charge in [0.1, 0.15) is 0 Å². The van der Waals surface area contributed by atoms with Crippen molar-refractivity contribution in [2.45, 2.75) is 46.1 Å². The Morgan fingerprint density at radius 1 is 1.41 bits per heavy atom. The van der Waals surface area contributed by atoms with E-state index < -0.39 is 0 Å². The second kappa shape index (κ2) is 10.2. The Labute approximate surface area is 177 Å². The van der Waals surface area contributed by atoms with Crippen molar-refractivity contribution in [3.05, 3.63) is 52.1 Å². The summed E-state index contributed by atoms with van der Waals surface area (Å²) in [7, 11) is 1.84. The summed E-state index contributed by atoms with van der Waals surface area (Å²) >= 11 is 0. The van der Waals surface area contributed by atoms with Gasteiger partial charge in [-0.3, -0.25) is 4.99 Å². The molecule has 1 saturated heterocycles. The van der Waals surface area contributed by atoms with E-state index in [9.17, 15) is 0 Å². The zero-order chi connectivity index (χ0) is 20.8. The van der Waals surface area contributed by atoms with E-state index in [1.807, 2.05) is 13.4 Å². The Morgan fingerprint density at radius 3 is 2.83 bits per heavy atom. The molecule has 4 nitrogen and oxygen atoms in total. The summed E-state index contributed by atoms with van der Waals surface area (Å²) in [6.45, 7) is 10.8. The molecule has 29 heavy (non-hydrogen) atoms. The molecule has 1 fully saturated rings. The third kappa shape index (κ3) is 5.80. The van der Waals surface area contributed by atoms with Crippen LogP contribution in [0.25, 0.3) is 6.08 Å². The molecule has 3 N–H and O–H groups in total. The standard InChI is InChI=1S/C25H38N4/c1-5-29(17-27-4)12-6-7-20(24-14-19(24)3)15-22-13-18(2)8-9-23(22)25(26)21-10-11-28-16-21/h8-9,13-15,17,19,21,25,28H,5-7,10-12,16,26H2,1-4H3/b20-15-,27-17?. The lowest BCUT2D eigenvalue weighted by Gasteiger charge is -2.22. The molecule has 1 heterocycles. The molecule has 0 amide bonds. The molecular formula is C25H38N4. The fraction of sp³-hybridized carbons (Fsp3) is 0.560. The first-order valence-corrected chi connectivity index (χ1v) is 11.2. The summed E-state index contributed by atoms with van der Waals surface area (Å²) in [5.41, 5.74) is 13.6. The maximum atomic E-state index is 6.73. The fourth-order valence-electron chi connectivity index (χ4n) is 4.40. The van der Waals surface area contributed by atoms with Gasteiger partial charge in [0.25, 0.3) is 0 Å². The van der Waals surface area contributed by atoms with Crippen molar-refractivity contribution in [3.8, 4) is 0 Å². The molecule has 0 bridgehead atoms. The van der Waals surface area contributed by atoms with Crippen molar-refractivity contribution in [3.63, 3.8) is 0 Å². The molecule has 2 aliphatic rings. The van der Waals surface area contributed by atoms with Gasteiger partial charge in [-0.25, -0.2) is 0 Å². The quantitative estimate of drug-likeness (QED) is 0.459. The molecule has 0 saturated carbocycles. The molecule has 0 spiro atoms. The first-order valence-electron chi connectivity index (χ1n) is 11.2. The van der Waals surface area contributed by atoms with Crippen LogP contribution in [0.15, 0.2) is 40.4 Å². The van der Waals surface area contributed by atoms with Crippen LogP contribution in [0, 0.1) is 18.8 Å². The van der Waals surface area contributed by atoms with Gasteiger partial charge in [-0.05, 0) is 80.3 Å². The molecule has 1 aliphatic carbocycles. The minimum Gasteiger partial charge on any atom is -0.363 e. The van der Waals surface area contributed by atoms with Crippen LogP contribution >= 0.6 is 0 Å². The maximum absolute atomic E-state index is 6.73. The molecule has 1 aromatic rings. The van der Waals surface area contributed by atoms with E-state index in [0.717, 1.165) is 39.0 Å². The average Bonchev–Trinajstić information content (AvgIpc) is 3.18. The van der Waals surface area contributed by atoms with Crippen LogP contribution in [0.3, 0.4) is 0 Å². The summed E-state index contributed by atoms with van der Waals surface area (Å²) in [6.07, 6.45) is 10.2. The minimum atomic E-state index is 0.0973. The van der Waals surface area contributed by atoms with E-state index in [1.165, 1.54) is 34.3 Å². The van der Waals surface area contributed by atoms with E-state index in [4.69, 9.17) is 5.73 Å². The van der Waals surface area contributed by atoms with Gasteiger partial charge in [0.15, 0.2) is 0 Å². The molecule has 158 valence electrons. The summed E-state index contributed by atoms with van der Waals surface area (Å²) in [4.78, 5) is 6.45. The van der Waals surface area contributed by atoms with Crippen LogP contribution in [-0.2, 0) is 0 Å². The number of hydrogen-bond acceptors (Lipinski definition) is 3. The second-order valence-electron chi connectivity index (χ2n) is 8.60. The highest BCUT2D eigenvalue weighted by Crippen LogP contribution is 2.39. The van der Waals surface area contributed by atoms with Crippen molar-refractivity contribution in [1.29, 1.82) is 0 Å². The van der Waals surface area contributed by atoms with Crippen molar-refractivity contribution < 1.29 is 0 Å². The highest BCUT2D eigenvalue weighted by atomic mass is 15.1. The number of hydrogen-bond donors (Lipinski definition) is 2. The van der Waals surface area contributed by atoms with E-state index in [2.05, 4.69) is 66.3 Å². The number of allylic oxidation sites excluding steroid dienone is 3. The van der Waals surface area contributed by atoms with E-state index in [0.29, 0.717) is 11.8 Å². The molecular weight excluding hydrogens is 356 g/mol. The zero-order valence-corrected chi connectivity index (χ0v) is 18.6. The van der Waals surface area contributed by atoms with Crippen molar-refractivity contribution >= 4 is 12.4 Å². The maximum Gasteiger partial charge on any atom is 0.0846 e. The number of aryl methyl sites for hydroxylation is 1. The number of nitrogens with one attached hydrogen (secondary N) is 1. The highest BCUT2D eigenvalue weighted by molar-refractivity contribution is 5.66. The molecule has 0 aromatic heterocycles. The largest absolute Gasteiger partial charge is 0.363 e. The topological polar surface area (TPSA) is 53.6 Å². The van der Waals surface area contributed by atoms with Crippen LogP contribution in [0.4, 0.5) is 0 Å². The van der Waals surface area contributed by atoms with Crippen LogP contribution in [-0.4, -0.2) is 44.5 Å². The van der Waals surface area contributed by atoms with Gasteiger partial charge in [-0.2, -0.15) is 0 Å². The molecule has 4 heteroatoms. The predicted octanol–water partition coefficient (Wildman–Crippen LogP) is 4.32. The lowest BCUT2D eigenvalue weighted by Crippen LogP contribution is -2.24. The van der Waals surface area contributed by atoms with Gasteiger partial charge >= 0.3 is 0 Å². The van der Waals surface area contributed by atoms with Gasteiger partial charge in [-0.15, -0.1) is 0 Å². The third-order valence-electron chi connectivity index (χ3n) is 6.30. The second-order valence-corrected chi connectivity index (χ2v) is 8.60. The Bertz CT molecular complexity index is 771. The van der Waals surface area contributed by atoms with Crippen LogP contribution < -0.4 is 11.1 Å². The first kappa shape index (κ1) is 21.8. The monoisotopic (exact) mass is 394 g/mol. The van der Waals surface area contributed by atoms with Gasteiger partial charge in [0.2, 0.25) is 0 Å².